The van der Waals surface area contributed by atoms with Gasteiger partial charge in [-0.3, -0.25) is 0 Å². The summed E-state index contributed by atoms with van der Waals surface area (Å²) < 4.78 is 60.6. The summed E-state index contributed by atoms with van der Waals surface area (Å²) in [6.45, 7) is 8.11. The van der Waals surface area contributed by atoms with E-state index in [9.17, 15) is 22.4 Å². The quantitative estimate of drug-likeness (QED) is 0.402. The van der Waals surface area contributed by atoms with E-state index in [2.05, 4.69) is 10.2 Å². The van der Waals surface area contributed by atoms with Gasteiger partial charge in [0.25, 0.3) is 0 Å². The molecule has 156 valence electrons. The Hall–Kier alpha value is -2.57. The summed E-state index contributed by atoms with van der Waals surface area (Å²) in [5.74, 6) is -2.72. The maximum Gasteiger partial charge on any atom is 0.392 e. The van der Waals surface area contributed by atoms with Crippen LogP contribution in [-0.4, -0.2) is 32.5 Å². The Bertz CT molecular complexity index is 904. The highest BCUT2D eigenvalue weighted by Gasteiger charge is 2.37. The highest BCUT2D eigenvalue weighted by Crippen LogP contribution is 2.42. The van der Waals surface area contributed by atoms with Crippen LogP contribution in [0.3, 0.4) is 0 Å². The number of hydrogen-bond donors (Lipinski definition) is 1. The molecule has 1 aromatic carbocycles. The van der Waals surface area contributed by atoms with Crippen molar-refractivity contribution in [1.29, 1.82) is 0 Å². The molecule has 10 heteroatoms. The third-order valence-electron chi connectivity index (χ3n) is 4.13. The average Bonchev–Trinajstić information content (AvgIpc) is 2.60. The molecule has 1 heterocycles. The molecule has 1 aliphatic rings. The minimum Gasteiger partial charge on any atom is -0.462 e. The van der Waals surface area contributed by atoms with Crippen LogP contribution in [0.2, 0.25) is 5.02 Å². The molecule has 0 bridgehead atoms. The Morgan fingerprint density at radius 3 is 2.62 bits per heavy atom. The predicted octanol–water partition coefficient (Wildman–Crippen LogP) is 4.71. The van der Waals surface area contributed by atoms with Crippen molar-refractivity contribution >= 4 is 17.6 Å². The number of rotatable bonds is 6. The topological polar surface area (TPSA) is 51.9 Å². The Morgan fingerprint density at radius 1 is 1.38 bits per heavy atom. The van der Waals surface area contributed by atoms with Crippen LogP contribution >= 0.6 is 11.6 Å². The number of methoxy groups -OCH3 is 1. The number of benzene rings is 1. The van der Waals surface area contributed by atoms with Crippen molar-refractivity contribution in [3.05, 3.63) is 68.7 Å². The lowest BCUT2D eigenvalue weighted by Gasteiger charge is -2.30. The van der Waals surface area contributed by atoms with Crippen LogP contribution < -0.4 is 5.32 Å². The summed E-state index contributed by atoms with van der Waals surface area (Å²) >= 11 is 6.15. The zero-order valence-electron chi connectivity index (χ0n) is 15.5. The van der Waals surface area contributed by atoms with Crippen LogP contribution in [0.25, 0.3) is 4.85 Å². The summed E-state index contributed by atoms with van der Waals surface area (Å²) in [6, 6.07) is 3.46. The van der Waals surface area contributed by atoms with Crippen LogP contribution in [0, 0.1) is 12.4 Å². The molecule has 1 N–H and O–H groups in total. The number of allylic oxidation sites excluding steroid dienone is 2. The van der Waals surface area contributed by atoms with Crippen LogP contribution in [0.5, 0.6) is 0 Å². The fourth-order valence-corrected chi connectivity index (χ4v) is 3.18. The number of nitrogens with zero attached hydrogens (tertiary/aromatic N) is 1. The van der Waals surface area contributed by atoms with Crippen LogP contribution in [0.15, 0.2) is 40.9 Å². The maximum atomic E-state index is 13.5. The molecule has 0 radical (unpaired) electrons. The molecule has 1 aliphatic heterocycles. The first-order chi connectivity index (χ1) is 13.6. The highest BCUT2D eigenvalue weighted by atomic mass is 35.5. The van der Waals surface area contributed by atoms with E-state index in [1.54, 1.807) is 6.92 Å². The van der Waals surface area contributed by atoms with E-state index >= 15 is 0 Å². The van der Waals surface area contributed by atoms with Gasteiger partial charge in [0.05, 0.1) is 36.8 Å². The van der Waals surface area contributed by atoms with Gasteiger partial charge in [-0.15, -0.1) is 0 Å². The first-order valence-electron chi connectivity index (χ1n) is 8.35. The molecule has 0 fully saturated rings. The maximum absolute atomic E-state index is 13.5. The standard InChI is InChI=1S/C19H17ClF4N2O3/c1-10-17(25-2)15(12-5-4-11(21)8-13(12)20)16(14(26-10)9-28-3)18(27)29-7-6-19(22,23)24/h4-5,8,15,26H,6-7,9H2,1,3H3. The third kappa shape index (κ3) is 5.49. The zero-order chi connectivity index (χ0) is 21.8. The number of esters is 1. The van der Waals surface area contributed by atoms with Gasteiger partial charge in [-0.1, -0.05) is 17.7 Å². The van der Waals surface area contributed by atoms with Crippen molar-refractivity contribution in [3.63, 3.8) is 0 Å². The van der Waals surface area contributed by atoms with Crippen LogP contribution in [0.4, 0.5) is 17.6 Å². The van der Waals surface area contributed by atoms with Gasteiger partial charge in [0.15, 0.2) is 5.70 Å². The number of carbonyl (C=O) groups excluding carboxylic acids is 1. The molecule has 0 aromatic heterocycles. The lowest BCUT2D eigenvalue weighted by Crippen LogP contribution is -2.31. The summed E-state index contributed by atoms with van der Waals surface area (Å²) in [4.78, 5) is 16.2. The SMILES string of the molecule is [C-]#[N+]C1=C(C)NC(COC)=C(C(=O)OCCC(F)(F)F)C1c1ccc(F)cc1Cl. The second kappa shape index (κ2) is 9.29. The fraction of sp³-hybridized carbons (Fsp3) is 0.368. The number of hydrogen-bond acceptors (Lipinski definition) is 4. The second-order valence-corrected chi connectivity index (χ2v) is 6.58. The van der Waals surface area contributed by atoms with Gasteiger partial charge < -0.3 is 14.8 Å². The smallest absolute Gasteiger partial charge is 0.392 e. The van der Waals surface area contributed by atoms with E-state index in [1.165, 1.54) is 13.2 Å². The number of halogens is 5. The largest absolute Gasteiger partial charge is 0.462 e. The van der Waals surface area contributed by atoms with Crippen molar-refractivity contribution in [2.75, 3.05) is 20.3 Å². The molecular formula is C19H17ClF4N2O3. The number of carbonyl (C=O) groups is 1. The molecule has 29 heavy (non-hydrogen) atoms. The van der Waals surface area contributed by atoms with Crippen LogP contribution in [-0.2, 0) is 14.3 Å². The van der Waals surface area contributed by atoms with E-state index in [4.69, 9.17) is 27.6 Å². The predicted molar refractivity (Wildman–Crippen MR) is 97.1 cm³/mol. The minimum absolute atomic E-state index is 0.0387. The summed E-state index contributed by atoms with van der Waals surface area (Å²) in [6.07, 6.45) is -5.81. The van der Waals surface area contributed by atoms with E-state index in [0.717, 1.165) is 12.1 Å². The van der Waals surface area contributed by atoms with Gasteiger partial charge >= 0.3 is 12.1 Å². The Balaban J connectivity index is 2.54. The molecule has 0 saturated carbocycles. The summed E-state index contributed by atoms with van der Waals surface area (Å²) in [7, 11) is 1.37. The number of nitrogens with one attached hydrogen (secondary N) is 1. The van der Waals surface area contributed by atoms with Gasteiger partial charge in [0.2, 0.25) is 0 Å². The molecule has 0 amide bonds. The molecule has 5 nitrogen and oxygen atoms in total. The Morgan fingerprint density at radius 2 is 2.07 bits per heavy atom. The molecular weight excluding hydrogens is 416 g/mol. The first kappa shape index (κ1) is 22.7. The molecule has 1 unspecified atom stereocenters. The molecule has 2 rings (SSSR count). The van der Waals surface area contributed by atoms with Crippen molar-refractivity contribution in [2.24, 2.45) is 0 Å². The number of alkyl halides is 3. The van der Waals surface area contributed by atoms with Crippen molar-refractivity contribution in [1.82, 2.24) is 5.32 Å². The van der Waals surface area contributed by atoms with E-state index < -0.39 is 36.9 Å². The van der Waals surface area contributed by atoms with Gasteiger partial charge in [-0.05, 0) is 24.6 Å². The van der Waals surface area contributed by atoms with Gasteiger partial charge in [-0.25, -0.2) is 14.0 Å². The van der Waals surface area contributed by atoms with E-state index in [0.29, 0.717) is 5.70 Å². The summed E-state index contributed by atoms with van der Waals surface area (Å²) in [5, 5.41) is 2.83. The summed E-state index contributed by atoms with van der Waals surface area (Å²) in [5.41, 5.74) is 0.848. The van der Waals surface area contributed by atoms with Gasteiger partial charge in [0, 0.05) is 17.8 Å². The third-order valence-corrected chi connectivity index (χ3v) is 4.46. The van der Waals surface area contributed by atoms with Crippen LogP contribution in [0.1, 0.15) is 24.8 Å². The Labute approximate surface area is 169 Å². The zero-order valence-corrected chi connectivity index (χ0v) is 16.2. The second-order valence-electron chi connectivity index (χ2n) is 6.17. The average molecular weight is 433 g/mol. The Kier molecular flexibility index (Phi) is 7.27. The highest BCUT2D eigenvalue weighted by molar-refractivity contribution is 6.31. The molecule has 1 atom stereocenters. The monoisotopic (exact) mass is 432 g/mol. The fourth-order valence-electron chi connectivity index (χ4n) is 2.91. The lowest BCUT2D eigenvalue weighted by atomic mass is 9.84. The molecule has 0 aliphatic carbocycles. The molecule has 1 aromatic rings. The van der Waals surface area contributed by atoms with Crippen molar-refractivity contribution < 1.29 is 31.8 Å². The van der Waals surface area contributed by atoms with E-state index in [1.807, 2.05) is 0 Å². The lowest BCUT2D eigenvalue weighted by molar-refractivity contribution is -0.156. The molecule has 0 spiro atoms. The van der Waals surface area contributed by atoms with Crippen molar-refractivity contribution in [3.8, 4) is 0 Å². The first-order valence-corrected chi connectivity index (χ1v) is 8.73. The minimum atomic E-state index is -4.49. The number of dihydropyridines is 1. The van der Waals surface area contributed by atoms with Gasteiger partial charge in [-0.2, -0.15) is 13.2 Å². The number of ether oxygens (including phenoxy) is 2. The van der Waals surface area contributed by atoms with Crippen molar-refractivity contribution in [2.45, 2.75) is 25.4 Å². The van der Waals surface area contributed by atoms with Gasteiger partial charge in [0.1, 0.15) is 12.4 Å². The molecule has 0 saturated heterocycles. The van der Waals surface area contributed by atoms with E-state index in [-0.39, 0.29) is 34.2 Å². The normalized spacial score (nSPS) is 17.1.